The third-order valence-corrected chi connectivity index (χ3v) is 6.63. The maximum absolute atomic E-state index is 12.8. The number of rotatable bonds is 7. The van der Waals surface area contributed by atoms with Gasteiger partial charge in [-0.3, -0.25) is 0 Å². The summed E-state index contributed by atoms with van der Waals surface area (Å²) in [7, 11) is -4.32. The Morgan fingerprint density at radius 1 is 1.07 bits per heavy atom. The molecule has 0 spiro atoms. The molecule has 3 N–H and O–H groups in total. The molecule has 3 aromatic rings. The lowest BCUT2D eigenvalue weighted by atomic mass is 9.94. The van der Waals surface area contributed by atoms with Crippen molar-refractivity contribution in [2.45, 2.75) is 17.0 Å². The Bertz CT molecular complexity index is 1170. The van der Waals surface area contributed by atoms with Crippen LogP contribution in [-0.4, -0.2) is 39.9 Å². The van der Waals surface area contributed by atoms with E-state index >= 15 is 0 Å². The van der Waals surface area contributed by atoms with Gasteiger partial charge in [-0.25, -0.2) is 22.8 Å². The lowest BCUT2D eigenvalue weighted by Gasteiger charge is -2.29. The van der Waals surface area contributed by atoms with E-state index in [-0.39, 0.29) is 27.2 Å². The summed E-state index contributed by atoms with van der Waals surface area (Å²) in [5.74, 6) is -0.669. The molecule has 3 rings (SSSR count). The van der Waals surface area contributed by atoms with E-state index < -0.39 is 32.8 Å². The first-order valence-electron chi connectivity index (χ1n) is 8.20. The van der Waals surface area contributed by atoms with Gasteiger partial charge in [-0.2, -0.15) is 5.10 Å². The highest BCUT2D eigenvalue weighted by molar-refractivity contribution is 7.89. The molecule has 0 saturated heterocycles. The van der Waals surface area contributed by atoms with E-state index in [1.165, 1.54) is 41.6 Å². The normalized spacial score (nSPS) is 13.9. The summed E-state index contributed by atoms with van der Waals surface area (Å²) in [5, 5.41) is 25.6. The molecule has 1 aromatic heterocycles. The zero-order valence-electron chi connectivity index (χ0n) is 14.9. The van der Waals surface area contributed by atoms with Gasteiger partial charge in [0.1, 0.15) is 23.2 Å². The fourth-order valence-corrected chi connectivity index (χ4v) is 5.15. The minimum atomic E-state index is -4.32. The van der Waals surface area contributed by atoms with Gasteiger partial charge in [0.15, 0.2) is 5.75 Å². The Kier molecular flexibility index (Phi) is 6.83. The second kappa shape index (κ2) is 8.88. The quantitative estimate of drug-likeness (QED) is 0.447. The Labute approximate surface area is 192 Å². The van der Waals surface area contributed by atoms with Crippen molar-refractivity contribution in [2.75, 3.05) is 6.54 Å². The minimum Gasteiger partial charge on any atom is -0.505 e. The van der Waals surface area contributed by atoms with E-state index in [0.29, 0.717) is 5.02 Å². The van der Waals surface area contributed by atoms with Crippen LogP contribution in [0.25, 0.3) is 0 Å². The summed E-state index contributed by atoms with van der Waals surface area (Å²) >= 11 is 23.9. The van der Waals surface area contributed by atoms with Crippen LogP contribution in [0.5, 0.6) is 5.75 Å². The lowest BCUT2D eigenvalue weighted by Crippen LogP contribution is -2.44. The van der Waals surface area contributed by atoms with Crippen molar-refractivity contribution in [3.05, 3.63) is 68.6 Å². The first-order valence-corrected chi connectivity index (χ1v) is 11.2. The number of aromatic nitrogens is 3. The summed E-state index contributed by atoms with van der Waals surface area (Å²) in [4.78, 5) is 3.27. The zero-order valence-corrected chi connectivity index (χ0v) is 18.8. The molecule has 0 radical (unpaired) electrons. The first-order chi connectivity index (χ1) is 14.0. The fourth-order valence-electron chi connectivity index (χ4n) is 2.72. The van der Waals surface area contributed by atoms with Crippen LogP contribution in [0.1, 0.15) is 5.56 Å². The van der Waals surface area contributed by atoms with E-state index in [2.05, 4.69) is 14.8 Å². The number of hydrogen-bond donors (Lipinski definition) is 3. The highest BCUT2D eigenvalue weighted by atomic mass is 35.5. The maximum atomic E-state index is 12.8. The molecule has 1 heterocycles. The Morgan fingerprint density at radius 3 is 2.40 bits per heavy atom. The molecule has 30 heavy (non-hydrogen) atoms. The van der Waals surface area contributed by atoms with Crippen molar-refractivity contribution in [3.8, 4) is 5.75 Å². The van der Waals surface area contributed by atoms with Crippen LogP contribution >= 0.6 is 46.4 Å². The highest BCUT2D eigenvalue weighted by Gasteiger charge is 2.35. The summed E-state index contributed by atoms with van der Waals surface area (Å²) < 4.78 is 29.1. The van der Waals surface area contributed by atoms with Gasteiger partial charge < -0.3 is 10.2 Å². The van der Waals surface area contributed by atoms with Crippen LogP contribution in [0.3, 0.4) is 0 Å². The van der Waals surface area contributed by atoms with Crippen molar-refractivity contribution in [1.29, 1.82) is 0 Å². The van der Waals surface area contributed by atoms with E-state index in [1.54, 1.807) is 0 Å². The number of halogens is 4. The second-order valence-corrected chi connectivity index (χ2v) is 9.73. The fraction of sp³-hybridized carbons (Fsp3) is 0.176. The monoisotopic (exact) mass is 510 g/mol. The van der Waals surface area contributed by atoms with Gasteiger partial charge in [0, 0.05) is 27.2 Å². The number of nitrogens with one attached hydrogen (secondary N) is 1. The summed E-state index contributed by atoms with van der Waals surface area (Å²) in [6.07, 6.45) is 2.62. The van der Waals surface area contributed by atoms with Crippen LogP contribution in [0, 0.1) is 0 Å². The van der Waals surface area contributed by atoms with Gasteiger partial charge in [-0.1, -0.05) is 52.5 Å². The number of aliphatic hydroxyl groups is 1. The molecule has 1 unspecified atom stereocenters. The number of benzene rings is 2. The minimum absolute atomic E-state index is 0.0109. The molecular weight excluding hydrogens is 498 g/mol. The maximum Gasteiger partial charge on any atom is 0.244 e. The molecule has 0 aliphatic rings. The predicted molar refractivity (Wildman–Crippen MR) is 114 cm³/mol. The third kappa shape index (κ3) is 5.00. The average Bonchev–Trinajstić information content (AvgIpc) is 3.15. The van der Waals surface area contributed by atoms with Crippen LogP contribution < -0.4 is 4.72 Å². The second-order valence-electron chi connectivity index (χ2n) is 6.31. The van der Waals surface area contributed by atoms with E-state index in [9.17, 15) is 18.6 Å². The Hall–Kier alpha value is -1.59. The number of aromatic hydroxyl groups is 1. The zero-order chi connectivity index (χ0) is 22.1. The van der Waals surface area contributed by atoms with Crippen LogP contribution in [0.4, 0.5) is 0 Å². The molecule has 0 bridgehead atoms. The molecule has 0 aliphatic heterocycles. The molecule has 2 aromatic carbocycles. The molecule has 8 nitrogen and oxygen atoms in total. The number of sulfonamides is 1. The molecule has 13 heteroatoms. The van der Waals surface area contributed by atoms with Crippen LogP contribution in [0.15, 0.2) is 47.9 Å². The molecule has 1 atom stereocenters. The van der Waals surface area contributed by atoms with E-state index in [4.69, 9.17) is 46.4 Å². The highest BCUT2D eigenvalue weighted by Crippen LogP contribution is 2.35. The largest absolute Gasteiger partial charge is 0.505 e. The van der Waals surface area contributed by atoms with Crippen molar-refractivity contribution in [3.63, 3.8) is 0 Å². The van der Waals surface area contributed by atoms with Gasteiger partial charge in [0.2, 0.25) is 10.0 Å². The van der Waals surface area contributed by atoms with Crippen molar-refractivity contribution in [2.24, 2.45) is 0 Å². The first kappa shape index (κ1) is 23.1. The van der Waals surface area contributed by atoms with Crippen molar-refractivity contribution < 1.29 is 18.6 Å². The smallest absolute Gasteiger partial charge is 0.244 e. The predicted octanol–water partition coefficient (Wildman–Crippen LogP) is 3.46. The molecule has 0 fully saturated rings. The van der Waals surface area contributed by atoms with Crippen LogP contribution in [-0.2, 0) is 22.2 Å². The van der Waals surface area contributed by atoms with Gasteiger partial charge in [0.05, 0.1) is 11.6 Å². The van der Waals surface area contributed by atoms with E-state index in [0.717, 1.165) is 6.07 Å². The summed E-state index contributed by atoms with van der Waals surface area (Å²) in [5.41, 5.74) is -1.64. The van der Waals surface area contributed by atoms with Gasteiger partial charge >= 0.3 is 0 Å². The van der Waals surface area contributed by atoms with Crippen molar-refractivity contribution >= 4 is 56.4 Å². The molecular formula is C17H14Cl4N4O4S. The number of phenols is 1. The summed E-state index contributed by atoms with van der Waals surface area (Å²) in [6.45, 7) is -0.709. The lowest BCUT2D eigenvalue weighted by molar-refractivity contribution is 0.0204. The Morgan fingerprint density at radius 2 is 1.77 bits per heavy atom. The molecule has 0 saturated carbocycles. The van der Waals surface area contributed by atoms with Crippen LogP contribution in [0.2, 0.25) is 20.1 Å². The van der Waals surface area contributed by atoms with E-state index in [1.807, 2.05) is 0 Å². The number of nitrogens with zero attached hydrogens (tertiary/aromatic N) is 3. The molecule has 0 aliphatic carbocycles. The molecule has 160 valence electrons. The Balaban J connectivity index is 1.98. The SMILES string of the molecule is O=S(=O)(NCC(O)(Cn1cncn1)c1ccc(Cl)cc1Cl)c1cc(Cl)cc(Cl)c1O. The average molecular weight is 512 g/mol. The van der Waals surface area contributed by atoms with Gasteiger partial charge in [-0.15, -0.1) is 0 Å². The number of hydrogen-bond acceptors (Lipinski definition) is 6. The van der Waals surface area contributed by atoms with Gasteiger partial charge in [-0.05, 0) is 24.3 Å². The number of phenolic OH excluding ortho intramolecular Hbond substituents is 1. The summed E-state index contributed by atoms with van der Waals surface area (Å²) in [6, 6.07) is 6.64. The standard InChI is InChI=1S/C17H14Cl4N4O4S/c18-10-1-2-12(13(20)3-10)17(27,7-25-9-22-8-23-25)6-24-30(28,29)15-5-11(19)4-14(21)16(15)26/h1-5,8-9,24,26-27H,6-7H2. The topological polar surface area (TPSA) is 117 Å². The van der Waals surface area contributed by atoms with Crippen molar-refractivity contribution in [1.82, 2.24) is 19.5 Å². The van der Waals surface area contributed by atoms with Gasteiger partial charge in [0.25, 0.3) is 0 Å². The molecule has 0 amide bonds. The third-order valence-electron chi connectivity index (χ3n) is 4.16.